The standard InChI is InChI=1S/C16H20ClN3O/c1-3-20-14(16(17)11(2)19-20)10-15(21)13(18)9-12-7-5-4-6-8-12/h4-8,13H,3,9-10,18H2,1-2H3. The van der Waals surface area contributed by atoms with Crippen molar-refractivity contribution in [1.82, 2.24) is 9.78 Å². The van der Waals surface area contributed by atoms with Crippen molar-refractivity contribution in [2.45, 2.75) is 39.3 Å². The molecule has 4 nitrogen and oxygen atoms in total. The van der Waals surface area contributed by atoms with Gasteiger partial charge in [0.15, 0.2) is 5.78 Å². The molecule has 2 aromatic rings. The molecule has 0 saturated heterocycles. The number of aryl methyl sites for hydroxylation is 2. The summed E-state index contributed by atoms with van der Waals surface area (Å²) < 4.78 is 1.77. The molecule has 2 N–H and O–H groups in total. The van der Waals surface area contributed by atoms with Gasteiger partial charge in [0.25, 0.3) is 0 Å². The Morgan fingerprint density at radius 2 is 2.05 bits per heavy atom. The normalized spacial score (nSPS) is 12.4. The van der Waals surface area contributed by atoms with Crippen molar-refractivity contribution in [3.8, 4) is 0 Å². The summed E-state index contributed by atoms with van der Waals surface area (Å²) in [4.78, 5) is 12.3. The first kappa shape index (κ1) is 15.7. The van der Waals surface area contributed by atoms with Gasteiger partial charge in [-0.2, -0.15) is 5.10 Å². The van der Waals surface area contributed by atoms with Crippen molar-refractivity contribution in [1.29, 1.82) is 0 Å². The number of rotatable bonds is 6. The number of hydrogen-bond donors (Lipinski definition) is 1. The lowest BCUT2D eigenvalue weighted by molar-refractivity contribution is -0.119. The molecule has 0 aliphatic carbocycles. The third-order valence-corrected chi connectivity index (χ3v) is 4.00. The fraction of sp³-hybridized carbons (Fsp3) is 0.375. The fourth-order valence-electron chi connectivity index (χ4n) is 2.32. The summed E-state index contributed by atoms with van der Waals surface area (Å²) in [5.41, 5.74) is 8.59. The highest BCUT2D eigenvalue weighted by atomic mass is 35.5. The van der Waals surface area contributed by atoms with E-state index < -0.39 is 6.04 Å². The molecule has 1 aromatic heterocycles. The van der Waals surface area contributed by atoms with E-state index >= 15 is 0 Å². The monoisotopic (exact) mass is 305 g/mol. The van der Waals surface area contributed by atoms with Crippen LogP contribution in [0, 0.1) is 6.92 Å². The summed E-state index contributed by atoms with van der Waals surface area (Å²) in [5, 5.41) is 4.88. The second kappa shape index (κ2) is 6.87. The summed E-state index contributed by atoms with van der Waals surface area (Å²) in [5.74, 6) is -0.0182. The number of halogens is 1. The van der Waals surface area contributed by atoms with Gasteiger partial charge in [0.05, 0.1) is 28.9 Å². The van der Waals surface area contributed by atoms with Crippen LogP contribution in [-0.2, 0) is 24.2 Å². The molecule has 21 heavy (non-hydrogen) atoms. The second-order valence-corrected chi connectivity index (χ2v) is 5.48. The molecule has 0 radical (unpaired) electrons. The Kier molecular flexibility index (Phi) is 5.15. The van der Waals surface area contributed by atoms with E-state index in [1.54, 1.807) is 4.68 Å². The Morgan fingerprint density at radius 1 is 1.38 bits per heavy atom. The number of nitrogens with zero attached hydrogens (tertiary/aromatic N) is 2. The average molecular weight is 306 g/mol. The molecule has 0 fully saturated rings. The van der Waals surface area contributed by atoms with E-state index in [0.29, 0.717) is 18.0 Å². The molecule has 0 bridgehead atoms. The van der Waals surface area contributed by atoms with Crippen LogP contribution in [-0.4, -0.2) is 21.6 Å². The molecule has 1 heterocycles. The number of hydrogen-bond acceptors (Lipinski definition) is 3. The maximum Gasteiger partial charge on any atom is 0.155 e. The van der Waals surface area contributed by atoms with Gasteiger partial charge in [-0.25, -0.2) is 0 Å². The summed E-state index contributed by atoms with van der Waals surface area (Å²) in [6.07, 6.45) is 0.762. The van der Waals surface area contributed by atoms with Crippen LogP contribution in [0.2, 0.25) is 5.02 Å². The molecule has 1 atom stereocenters. The van der Waals surface area contributed by atoms with Crippen LogP contribution < -0.4 is 5.73 Å². The maximum absolute atomic E-state index is 12.3. The number of benzene rings is 1. The minimum absolute atomic E-state index is 0.0182. The number of nitrogens with two attached hydrogens (primary N) is 1. The molecule has 0 saturated carbocycles. The van der Waals surface area contributed by atoms with Gasteiger partial charge in [0.2, 0.25) is 0 Å². The number of Topliss-reactive ketones (excluding diaryl/α,β-unsaturated/α-hetero) is 1. The molecule has 0 amide bonds. The van der Waals surface area contributed by atoms with Gasteiger partial charge in [0.1, 0.15) is 0 Å². The number of carbonyl (C=O) groups is 1. The zero-order valence-corrected chi connectivity index (χ0v) is 13.1. The van der Waals surface area contributed by atoms with Crippen molar-refractivity contribution in [3.05, 3.63) is 52.3 Å². The molecule has 0 aliphatic heterocycles. The summed E-state index contributed by atoms with van der Waals surface area (Å²) in [7, 11) is 0. The van der Waals surface area contributed by atoms with Gasteiger partial charge in [-0.05, 0) is 25.8 Å². The Morgan fingerprint density at radius 3 is 2.67 bits per heavy atom. The predicted octanol–water partition coefficient (Wildman–Crippen LogP) is 2.55. The molecule has 1 aromatic carbocycles. The Balaban J connectivity index is 2.07. The van der Waals surface area contributed by atoms with E-state index in [1.165, 1.54) is 0 Å². The summed E-state index contributed by atoms with van der Waals surface area (Å²) >= 11 is 6.23. The third kappa shape index (κ3) is 3.71. The minimum Gasteiger partial charge on any atom is -0.321 e. The van der Waals surface area contributed by atoms with Crippen LogP contribution in [0.3, 0.4) is 0 Å². The smallest absolute Gasteiger partial charge is 0.155 e. The highest BCUT2D eigenvalue weighted by Gasteiger charge is 2.20. The highest BCUT2D eigenvalue weighted by Crippen LogP contribution is 2.21. The van der Waals surface area contributed by atoms with Crippen LogP contribution >= 0.6 is 11.6 Å². The lowest BCUT2D eigenvalue weighted by Crippen LogP contribution is -2.34. The van der Waals surface area contributed by atoms with Gasteiger partial charge in [-0.3, -0.25) is 9.48 Å². The Bertz CT molecular complexity index is 622. The van der Waals surface area contributed by atoms with Crippen LogP contribution in [0.4, 0.5) is 0 Å². The SMILES string of the molecule is CCn1nc(C)c(Cl)c1CC(=O)C(N)Cc1ccccc1. The van der Waals surface area contributed by atoms with Crippen LogP contribution in [0.5, 0.6) is 0 Å². The maximum atomic E-state index is 12.3. The fourth-order valence-corrected chi connectivity index (χ4v) is 2.52. The molecule has 1 unspecified atom stereocenters. The van der Waals surface area contributed by atoms with E-state index in [-0.39, 0.29) is 12.2 Å². The second-order valence-electron chi connectivity index (χ2n) is 5.10. The van der Waals surface area contributed by atoms with Crippen molar-refractivity contribution >= 4 is 17.4 Å². The quantitative estimate of drug-likeness (QED) is 0.892. The van der Waals surface area contributed by atoms with E-state index in [2.05, 4.69) is 5.10 Å². The zero-order valence-electron chi connectivity index (χ0n) is 12.3. The van der Waals surface area contributed by atoms with Crippen molar-refractivity contribution in [2.75, 3.05) is 0 Å². The number of ketones is 1. The lowest BCUT2D eigenvalue weighted by atomic mass is 10.0. The van der Waals surface area contributed by atoms with Gasteiger partial charge in [-0.15, -0.1) is 0 Å². The van der Waals surface area contributed by atoms with Gasteiger partial charge in [0, 0.05) is 6.54 Å². The Labute approximate surface area is 129 Å². The van der Waals surface area contributed by atoms with Crippen LogP contribution in [0.25, 0.3) is 0 Å². The van der Waals surface area contributed by atoms with Crippen LogP contribution in [0.1, 0.15) is 23.9 Å². The van der Waals surface area contributed by atoms with Crippen LogP contribution in [0.15, 0.2) is 30.3 Å². The first-order valence-corrected chi connectivity index (χ1v) is 7.44. The van der Waals surface area contributed by atoms with Crippen molar-refractivity contribution in [3.63, 3.8) is 0 Å². The van der Waals surface area contributed by atoms with E-state index in [1.807, 2.05) is 44.2 Å². The molecule has 5 heteroatoms. The number of carbonyl (C=O) groups excluding carboxylic acids is 1. The minimum atomic E-state index is -0.524. The first-order valence-electron chi connectivity index (χ1n) is 7.07. The van der Waals surface area contributed by atoms with Crippen molar-refractivity contribution < 1.29 is 4.79 Å². The molecular formula is C16H20ClN3O. The topological polar surface area (TPSA) is 60.9 Å². The van der Waals surface area contributed by atoms with E-state index in [0.717, 1.165) is 17.0 Å². The van der Waals surface area contributed by atoms with E-state index in [9.17, 15) is 4.79 Å². The predicted molar refractivity (Wildman–Crippen MR) is 84.5 cm³/mol. The molecule has 0 spiro atoms. The molecule has 112 valence electrons. The molecule has 0 aliphatic rings. The van der Waals surface area contributed by atoms with Crippen molar-refractivity contribution in [2.24, 2.45) is 5.73 Å². The third-order valence-electron chi connectivity index (χ3n) is 3.51. The van der Waals surface area contributed by atoms with Gasteiger partial charge >= 0.3 is 0 Å². The highest BCUT2D eigenvalue weighted by molar-refractivity contribution is 6.32. The molecule has 2 rings (SSSR count). The lowest BCUT2D eigenvalue weighted by Gasteiger charge is -2.11. The van der Waals surface area contributed by atoms with Gasteiger partial charge in [-0.1, -0.05) is 41.9 Å². The summed E-state index contributed by atoms with van der Waals surface area (Å²) in [6.45, 7) is 4.50. The zero-order chi connectivity index (χ0) is 15.4. The average Bonchev–Trinajstić information content (AvgIpc) is 2.76. The largest absolute Gasteiger partial charge is 0.321 e. The van der Waals surface area contributed by atoms with Gasteiger partial charge < -0.3 is 5.73 Å². The first-order chi connectivity index (χ1) is 10.0. The summed E-state index contributed by atoms with van der Waals surface area (Å²) in [6, 6.07) is 9.25. The van der Waals surface area contributed by atoms with E-state index in [4.69, 9.17) is 17.3 Å². The number of aromatic nitrogens is 2. The Hall–Kier alpha value is -1.65. The molecular weight excluding hydrogens is 286 g/mol.